The van der Waals surface area contributed by atoms with Crippen LogP contribution in [-0.4, -0.2) is 66.9 Å². The smallest absolute Gasteiger partial charge is 0.236 e. The Labute approximate surface area is 222 Å². The van der Waals surface area contributed by atoms with E-state index in [2.05, 4.69) is 29.6 Å². The van der Waals surface area contributed by atoms with Gasteiger partial charge in [-0.1, -0.05) is 36.0 Å². The summed E-state index contributed by atoms with van der Waals surface area (Å²) in [5, 5.41) is 21.0. The number of thioether (sulfide) groups is 1. The highest BCUT2D eigenvalue weighted by molar-refractivity contribution is 8.14. The van der Waals surface area contributed by atoms with E-state index in [1.807, 2.05) is 49.0 Å². The molecule has 2 atom stereocenters. The largest absolute Gasteiger partial charge is 0.490 e. The van der Waals surface area contributed by atoms with Crippen molar-refractivity contribution >= 4 is 22.7 Å². The summed E-state index contributed by atoms with van der Waals surface area (Å²) in [4.78, 5) is 14.5. The number of ether oxygens (including phenoxy) is 2. The van der Waals surface area contributed by atoms with Gasteiger partial charge in [0.2, 0.25) is 5.91 Å². The molecule has 2 aromatic carbocycles. The third-order valence-corrected chi connectivity index (χ3v) is 8.27. The molecule has 9 heteroatoms. The Bertz CT molecular complexity index is 1230. The molecule has 1 unspecified atom stereocenters. The van der Waals surface area contributed by atoms with Gasteiger partial charge in [-0.2, -0.15) is 10.4 Å². The molecule has 1 saturated heterocycles. The molecule has 8 nitrogen and oxygen atoms in total. The molecule has 0 radical (unpaired) electrons. The van der Waals surface area contributed by atoms with E-state index in [-0.39, 0.29) is 23.4 Å². The first-order valence-corrected chi connectivity index (χ1v) is 13.7. The van der Waals surface area contributed by atoms with Crippen molar-refractivity contribution < 1.29 is 14.3 Å². The van der Waals surface area contributed by atoms with Crippen LogP contribution in [0.25, 0.3) is 0 Å². The Morgan fingerprint density at radius 3 is 2.86 bits per heavy atom. The van der Waals surface area contributed by atoms with Gasteiger partial charge in [-0.15, -0.1) is 0 Å². The normalized spacial score (nSPS) is 21.1. The fourth-order valence-electron chi connectivity index (χ4n) is 5.15. The Morgan fingerprint density at radius 2 is 2.11 bits per heavy atom. The maximum absolute atomic E-state index is 12.6. The fraction of sp³-hybridized carbons (Fsp3) is 0.464. The average Bonchev–Trinajstić information content (AvgIpc) is 3.51. The predicted molar refractivity (Wildman–Crippen MR) is 144 cm³/mol. The molecule has 0 aromatic heterocycles. The zero-order valence-corrected chi connectivity index (χ0v) is 22.4. The Balaban J connectivity index is 1.29. The monoisotopic (exact) mass is 519 g/mol. The Kier molecular flexibility index (Phi) is 7.70. The average molecular weight is 520 g/mol. The number of nitriles is 1. The molecule has 2 aliphatic heterocycles. The number of carbonyl (C=O) groups excluding carboxylic acids is 1. The summed E-state index contributed by atoms with van der Waals surface area (Å²) in [6.07, 6.45) is 1.92. The fourth-order valence-corrected chi connectivity index (χ4v) is 6.34. The number of fused-ring (bicyclic) bond motifs is 1. The van der Waals surface area contributed by atoms with Crippen LogP contribution in [-0.2, 0) is 16.0 Å². The van der Waals surface area contributed by atoms with Crippen molar-refractivity contribution in [3.8, 4) is 11.8 Å². The van der Waals surface area contributed by atoms with Crippen molar-refractivity contribution in [3.05, 3.63) is 64.2 Å². The quantitative estimate of drug-likeness (QED) is 0.595. The molecule has 1 amide bonds. The lowest BCUT2D eigenvalue weighted by molar-refractivity contribution is -0.134. The number of hydrogen-bond donors (Lipinski definition) is 1. The zero-order chi connectivity index (χ0) is 25.9. The summed E-state index contributed by atoms with van der Waals surface area (Å²) in [6, 6.07) is 14.6. The molecule has 0 bridgehead atoms. The van der Waals surface area contributed by atoms with E-state index in [4.69, 9.17) is 14.6 Å². The van der Waals surface area contributed by atoms with Gasteiger partial charge in [0, 0.05) is 31.7 Å². The first kappa shape index (κ1) is 25.6. The van der Waals surface area contributed by atoms with Crippen molar-refractivity contribution in [3.63, 3.8) is 0 Å². The third-order valence-electron chi connectivity index (χ3n) is 6.95. The minimum absolute atomic E-state index is 0.00685. The molecule has 1 aliphatic carbocycles. The van der Waals surface area contributed by atoms with Gasteiger partial charge in [0.1, 0.15) is 22.2 Å². The Hall–Kier alpha value is -3.06. The van der Waals surface area contributed by atoms with E-state index in [0.717, 1.165) is 29.0 Å². The van der Waals surface area contributed by atoms with Crippen molar-refractivity contribution in [1.29, 1.82) is 5.26 Å². The highest BCUT2D eigenvalue weighted by atomic mass is 32.2. The van der Waals surface area contributed by atoms with E-state index >= 15 is 0 Å². The van der Waals surface area contributed by atoms with Crippen molar-refractivity contribution in [2.45, 2.75) is 44.2 Å². The molecular weight excluding hydrogens is 486 g/mol. The number of rotatable bonds is 7. The van der Waals surface area contributed by atoms with Crippen LogP contribution >= 0.6 is 11.8 Å². The van der Waals surface area contributed by atoms with Crippen LogP contribution in [0.4, 0.5) is 0 Å². The van der Waals surface area contributed by atoms with Crippen molar-refractivity contribution in [2.75, 3.05) is 39.9 Å². The van der Waals surface area contributed by atoms with Crippen molar-refractivity contribution in [1.82, 2.24) is 15.2 Å². The molecule has 1 N–H and O–H groups in total. The lowest BCUT2D eigenvalue weighted by Gasteiger charge is -2.27. The SMILES string of the molecule is CC(C)Oc1ccc(C2SC(c3cccc4c3CC[C@@H]4NCC(=O)N3CCOCC3)=NN2C)cc1C#N. The summed E-state index contributed by atoms with van der Waals surface area (Å²) in [5.41, 5.74) is 5.27. The highest BCUT2D eigenvalue weighted by Crippen LogP contribution is 2.43. The second-order valence-corrected chi connectivity index (χ2v) is 10.9. The second-order valence-electron chi connectivity index (χ2n) is 9.82. The van der Waals surface area contributed by atoms with Gasteiger partial charge in [-0.25, -0.2) is 0 Å². The molecule has 1 fully saturated rings. The Morgan fingerprint density at radius 1 is 1.30 bits per heavy atom. The minimum atomic E-state index is -0.0208. The molecule has 3 aliphatic rings. The summed E-state index contributed by atoms with van der Waals surface area (Å²) in [7, 11) is 1.97. The number of hydrogen-bond acceptors (Lipinski definition) is 8. The van der Waals surface area contributed by atoms with Gasteiger partial charge in [-0.3, -0.25) is 9.80 Å². The molecule has 37 heavy (non-hydrogen) atoms. The van der Waals surface area contributed by atoms with Gasteiger partial charge in [0.25, 0.3) is 0 Å². The number of amides is 1. The molecule has 0 saturated carbocycles. The molecule has 5 rings (SSSR count). The maximum atomic E-state index is 12.6. The zero-order valence-electron chi connectivity index (χ0n) is 21.6. The molecule has 0 spiro atoms. The van der Waals surface area contributed by atoms with Crippen molar-refractivity contribution in [2.24, 2.45) is 5.10 Å². The van der Waals surface area contributed by atoms with Gasteiger partial charge in [0.15, 0.2) is 0 Å². The third kappa shape index (κ3) is 5.47. The first-order valence-electron chi connectivity index (χ1n) is 12.8. The number of nitrogens with one attached hydrogen (secondary N) is 1. The van der Waals surface area contributed by atoms with E-state index in [1.54, 1.807) is 11.8 Å². The van der Waals surface area contributed by atoms with Gasteiger partial charge < -0.3 is 19.7 Å². The number of nitrogens with zero attached hydrogens (tertiary/aromatic N) is 4. The second kappa shape index (κ2) is 11.1. The first-order chi connectivity index (χ1) is 17.9. The van der Waals surface area contributed by atoms with Crippen LogP contribution < -0.4 is 10.1 Å². The predicted octanol–water partition coefficient (Wildman–Crippen LogP) is 3.82. The van der Waals surface area contributed by atoms with Crippen LogP contribution in [0.3, 0.4) is 0 Å². The van der Waals surface area contributed by atoms with E-state index in [1.165, 1.54) is 11.1 Å². The summed E-state index contributed by atoms with van der Waals surface area (Å²) >= 11 is 1.70. The van der Waals surface area contributed by atoms with Gasteiger partial charge in [0.05, 0.1) is 31.4 Å². The van der Waals surface area contributed by atoms with Crippen LogP contribution in [0, 0.1) is 11.3 Å². The molecule has 2 aromatic rings. The topological polar surface area (TPSA) is 90.2 Å². The molecule has 194 valence electrons. The highest BCUT2D eigenvalue weighted by Gasteiger charge is 2.32. The van der Waals surface area contributed by atoms with E-state index < -0.39 is 0 Å². The van der Waals surface area contributed by atoms with Crippen LogP contribution in [0.15, 0.2) is 41.5 Å². The van der Waals surface area contributed by atoms with Crippen LogP contribution in [0.5, 0.6) is 5.75 Å². The maximum Gasteiger partial charge on any atom is 0.236 e. The van der Waals surface area contributed by atoms with E-state index in [0.29, 0.717) is 44.2 Å². The lowest BCUT2D eigenvalue weighted by Crippen LogP contribution is -2.45. The van der Waals surface area contributed by atoms with E-state index in [9.17, 15) is 10.1 Å². The summed E-state index contributed by atoms with van der Waals surface area (Å²) in [6.45, 7) is 6.81. The van der Waals surface area contributed by atoms with Gasteiger partial charge in [-0.05, 0) is 55.5 Å². The standard InChI is InChI=1S/C28H33N5O3S/c1-18(2)36-25-10-7-19(15-20(25)16-29)28-32(3)31-27(37-28)23-6-4-5-22-21(23)8-9-24(22)30-17-26(34)33-11-13-35-14-12-33/h4-7,10,15,18,24,28,30H,8-9,11-14,17H2,1-3H3/t24-,28?/m0/s1. The number of carbonyl (C=O) groups is 1. The number of benzene rings is 2. The summed E-state index contributed by atoms with van der Waals surface area (Å²) in [5.74, 6) is 0.745. The minimum Gasteiger partial charge on any atom is -0.490 e. The summed E-state index contributed by atoms with van der Waals surface area (Å²) < 4.78 is 11.2. The number of hydrazone groups is 1. The number of morpholine rings is 1. The lowest BCUT2D eigenvalue weighted by atomic mass is 10.0. The molecular formula is C28H33N5O3S. The molecule has 2 heterocycles. The van der Waals surface area contributed by atoms with Gasteiger partial charge >= 0.3 is 0 Å². The van der Waals surface area contributed by atoms with Crippen LogP contribution in [0.2, 0.25) is 0 Å². The van der Waals surface area contributed by atoms with Crippen LogP contribution in [0.1, 0.15) is 59.5 Å².